The Labute approximate surface area is 164 Å². The summed E-state index contributed by atoms with van der Waals surface area (Å²) in [6, 6.07) is 12.7. The van der Waals surface area contributed by atoms with Crippen LogP contribution in [0.15, 0.2) is 42.5 Å². The van der Waals surface area contributed by atoms with Crippen molar-refractivity contribution in [3.8, 4) is 11.5 Å². The number of hydrogen-bond acceptors (Lipinski definition) is 4. The molecule has 1 aliphatic rings. The normalized spacial score (nSPS) is 15.9. The molecule has 3 rings (SSSR count). The number of benzene rings is 2. The van der Waals surface area contributed by atoms with Gasteiger partial charge >= 0.3 is 6.03 Å². The minimum atomic E-state index is -0.599. The first-order chi connectivity index (χ1) is 13.5. The quantitative estimate of drug-likeness (QED) is 0.831. The Bertz CT molecular complexity index is 868. The van der Waals surface area contributed by atoms with E-state index in [0.29, 0.717) is 31.1 Å². The number of anilines is 1. The first-order valence-corrected chi connectivity index (χ1v) is 9.27. The standard InChI is InChI=1S/C21H25N3O4/c1-4-22-21(26)23-17-9-10-19-16(11-17)13-24(20(25)14(2)28-19)12-15-7-5-6-8-18(15)27-3/h5-11,14H,4,12-13H2,1-3H3,(H2,22,23,26)/t14-/m1/s1. The largest absolute Gasteiger partial charge is 0.496 e. The van der Waals surface area contributed by atoms with Crippen LogP contribution in [0.1, 0.15) is 25.0 Å². The van der Waals surface area contributed by atoms with Crippen LogP contribution in [0.2, 0.25) is 0 Å². The monoisotopic (exact) mass is 383 g/mol. The number of hydrogen-bond donors (Lipinski definition) is 2. The molecule has 0 radical (unpaired) electrons. The average Bonchev–Trinajstić information content (AvgIpc) is 2.79. The number of nitrogens with one attached hydrogen (secondary N) is 2. The summed E-state index contributed by atoms with van der Waals surface area (Å²) in [5.41, 5.74) is 2.40. The minimum Gasteiger partial charge on any atom is -0.496 e. The number of para-hydroxylation sites is 1. The molecule has 148 valence electrons. The second-order valence-corrected chi connectivity index (χ2v) is 6.57. The van der Waals surface area contributed by atoms with Crippen LogP contribution in [-0.2, 0) is 17.9 Å². The highest BCUT2D eigenvalue weighted by Crippen LogP contribution is 2.30. The van der Waals surface area contributed by atoms with Crippen molar-refractivity contribution in [3.63, 3.8) is 0 Å². The summed E-state index contributed by atoms with van der Waals surface area (Å²) in [5, 5.41) is 5.48. The zero-order chi connectivity index (χ0) is 20.1. The van der Waals surface area contributed by atoms with Gasteiger partial charge < -0.3 is 25.0 Å². The van der Waals surface area contributed by atoms with Gasteiger partial charge in [0.1, 0.15) is 11.5 Å². The van der Waals surface area contributed by atoms with Crippen molar-refractivity contribution < 1.29 is 19.1 Å². The minimum absolute atomic E-state index is 0.0969. The van der Waals surface area contributed by atoms with E-state index in [0.717, 1.165) is 16.9 Å². The molecule has 0 unspecified atom stereocenters. The summed E-state index contributed by atoms with van der Waals surface area (Å²) in [6.45, 7) is 4.92. The third kappa shape index (κ3) is 4.36. The summed E-state index contributed by atoms with van der Waals surface area (Å²) in [6.07, 6.45) is -0.599. The Balaban J connectivity index is 1.86. The van der Waals surface area contributed by atoms with Gasteiger partial charge in [-0.1, -0.05) is 18.2 Å². The lowest BCUT2D eigenvalue weighted by atomic mass is 10.1. The first-order valence-electron chi connectivity index (χ1n) is 9.27. The van der Waals surface area contributed by atoms with Crippen LogP contribution >= 0.6 is 0 Å². The lowest BCUT2D eigenvalue weighted by molar-refractivity contribution is -0.138. The van der Waals surface area contributed by atoms with E-state index < -0.39 is 6.10 Å². The van der Waals surface area contributed by atoms with Gasteiger partial charge in [0.05, 0.1) is 7.11 Å². The summed E-state index contributed by atoms with van der Waals surface area (Å²) >= 11 is 0. The molecule has 0 fully saturated rings. The summed E-state index contributed by atoms with van der Waals surface area (Å²) in [5.74, 6) is 1.28. The Morgan fingerprint density at radius 1 is 1.29 bits per heavy atom. The number of amides is 3. The molecule has 7 heteroatoms. The highest BCUT2D eigenvalue weighted by Gasteiger charge is 2.28. The highest BCUT2D eigenvalue weighted by atomic mass is 16.5. The number of ether oxygens (including phenoxy) is 2. The fourth-order valence-corrected chi connectivity index (χ4v) is 3.19. The zero-order valence-corrected chi connectivity index (χ0v) is 16.3. The van der Waals surface area contributed by atoms with Crippen molar-refractivity contribution in [2.75, 3.05) is 19.0 Å². The topological polar surface area (TPSA) is 79.9 Å². The van der Waals surface area contributed by atoms with Crippen molar-refractivity contribution in [2.24, 2.45) is 0 Å². The van der Waals surface area contributed by atoms with Crippen LogP contribution in [0.25, 0.3) is 0 Å². The van der Waals surface area contributed by atoms with Crippen molar-refractivity contribution in [3.05, 3.63) is 53.6 Å². The van der Waals surface area contributed by atoms with Crippen molar-refractivity contribution in [1.29, 1.82) is 0 Å². The Morgan fingerprint density at radius 3 is 2.82 bits per heavy atom. The van der Waals surface area contributed by atoms with E-state index in [4.69, 9.17) is 9.47 Å². The highest BCUT2D eigenvalue weighted by molar-refractivity contribution is 5.89. The predicted molar refractivity (Wildman–Crippen MR) is 106 cm³/mol. The van der Waals surface area contributed by atoms with Gasteiger partial charge in [-0.3, -0.25) is 4.79 Å². The molecule has 3 amide bonds. The molecule has 0 aliphatic carbocycles. The maximum atomic E-state index is 12.8. The van der Waals surface area contributed by atoms with E-state index in [1.54, 1.807) is 31.1 Å². The summed E-state index contributed by atoms with van der Waals surface area (Å²) in [7, 11) is 1.61. The van der Waals surface area contributed by atoms with Crippen LogP contribution in [0.4, 0.5) is 10.5 Å². The molecule has 1 atom stereocenters. The Hall–Kier alpha value is -3.22. The van der Waals surface area contributed by atoms with Crippen LogP contribution in [0.3, 0.4) is 0 Å². The third-order valence-electron chi connectivity index (χ3n) is 4.53. The van der Waals surface area contributed by atoms with E-state index in [-0.39, 0.29) is 11.9 Å². The number of methoxy groups -OCH3 is 1. The molecule has 0 bridgehead atoms. The molecule has 7 nitrogen and oxygen atoms in total. The third-order valence-corrected chi connectivity index (χ3v) is 4.53. The predicted octanol–water partition coefficient (Wildman–Crippen LogP) is 3.15. The smallest absolute Gasteiger partial charge is 0.319 e. The fraction of sp³-hybridized carbons (Fsp3) is 0.333. The van der Waals surface area contributed by atoms with Crippen LogP contribution in [0.5, 0.6) is 11.5 Å². The van der Waals surface area contributed by atoms with Gasteiger partial charge in [0.15, 0.2) is 6.10 Å². The van der Waals surface area contributed by atoms with Crippen molar-refractivity contribution in [1.82, 2.24) is 10.2 Å². The SMILES string of the molecule is CCNC(=O)Nc1ccc2c(c1)CN(Cc1ccccc1OC)C(=O)[C@@H](C)O2. The van der Waals surface area contributed by atoms with E-state index in [1.165, 1.54) is 0 Å². The molecule has 0 saturated carbocycles. The number of fused-ring (bicyclic) bond motifs is 1. The molecular formula is C21H25N3O4. The zero-order valence-electron chi connectivity index (χ0n) is 16.3. The summed E-state index contributed by atoms with van der Waals surface area (Å²) < 4.78 is 11.3. The van der Waals surface area contributed by atoms with Crippen LogP contribution in [-0.4, -0.2) is 36.6 Å². The van der Waals surface area contributed by atoms with E-state index in [2.05, 4.69) is 10.6 Å². The van der Waals surface area contributed by atoms with E-state index in [9.17, 15) is 9.59 Å². The molecule has 1 heterocycles. The fourth-order valence-electron chi connectivity index (χ4n) is 3.19. The first kappa shape index (κ1) is 19.5. The average molecular weight is 383 g/mol. The van der Waals surface area contributed by atoms with Crippen LogP contribution < -0.4 is 20.1 Å². The van der Waals surface area contributed by atoms with Crippen LogP contribution in [0, 0.1) is 0 Å². The number of rotatable bonds is 5. The number of carbonyl (C=O) groups is 2. The molecular weight excluding hydrogens is 358 g/mol. The van der Waals surface area contributed by atoms with E-state index in [1.807, 2.05) is 37.3 Å². The maximum absolute atomic E-state index is 12.8. The summed E-state index contributed by atoms with van der Waals surface area (Å²) in [4.78, 5) is 26.4. The molecule has 0 aromatic heterocycles. The molecule has 2 N–H and O–H groups in total. The van der Waals surface area contributed by atoms with Gasteiger partial charge in [-0.15, -0.1) is 0 Å². The molecule has 28 heavy (non-hydrogen) atoms. The molecule has 0 saturated heterocycles. The molecule has 2 aromatic carbocycles. The number of urea groups is 1. The van der Waals surface area contributed by atoms with Gasteiger partial charge in [-0.05, 0) is 38.1 Å². The second-order valence-electron chi connectivity index (χ2n) is 6.57. The van der Waals surface area contributed by atoms with Crippen molar-refractivity contribution >= 4 is 17.6 Å². The molecule has 1 aliphatic heterocycles. The van der Waals surface area contributed by atoms with Gasteiger partial charge in [-0.2, -0.15) is 0 Å². The van der Waals surface area contributed by atoms with Gasteiger partial charge in [0, 0.05) is 36.4 Å². The number of nitrogens with zero attached hydrogens (tertiary/aromatic N) is 1. The van der Waals surface area contributed by atoms with Crippen molar-refractivity contribution in [2.45, 2.75) is 33.0 Å². The lowest BCUT2D eigenvalue weighted by Crippen LogP contribution is -2.37. The van der Waals surface area contributed by atoms with Gasteiger partial charge in [-0.25, -0.2) is 4.79 Å². The Morgan fingerprint density at radius 2 is 2.07 bits per heavy atom. The Kier molecular flexibility index (Phi) is 6.03. The number of carbonyl (C=O) groups excluding carboxylic acids is 2. The van der Waals surface area contributed by atoms with Gasteiger partial charge in [0.25, 0.3) is 5.91 Å². The van der Waals surface area contributed by atoms with Gasteiger partial charge in [0.2, 0.25) is 0 Å². The molecule has 2 aromatic rings. The maximum Gasteiger partial charge on any atom is 0.319 e. The lowest BCUT2D eigenvalue weighted by Gasteiger charge is -2.23. The van der Waals surface area contributed by atoms with E-state index >= 15 is 0 Å². The molecule has 0 spiro atoms. The second kappa shape index (κ2) is 8.65.